The number of alkyl halides is 3. The maximum Gasteiger partial charge on any atom is 0.437 e. The Bertz CT molecular complexity index is 1190. The van der Waals surface area contributed by atoms with E-state index in [9.17, 15) is 26.4 Å². The fourth-order valence-corrected chi connectivity index (χ4v) is 3.29. The van der Waals surface area contributed by atoms with Gasteiger partial charge < -0.3 is 4.74 Å². The summed E-state index contributed by atoms with van der Waals surface area (Å²) in [7, 11) is -3.54. The lowest BCUT2D eigenvalue weighted by Crippen LogP contribution is -2.20. The fourth-order valence-electron chi connectivity index (χ4n) is 2.49. The summed E-state index contributed by atoms with van der Waals surface area (Å²) in [5.74, 6) is -0.825. The number of ether oxygens (including phenoxy) is 1. The van der Waals surface area contributed by atoms with E-state index in [1.165, 1.54) is 42.5 Å². The molecule has 0 bridgehead atoms. The highest BCUT2D eigenvalue weighted by atomic mass is 35.5. The van der Waals surface area contributed by atoms with Gasteiger partial charge in [-0.2, -0.15) is 18.3 Å². The molecule has 2 aromatic carbocycles. The van der Waals surface area contributed by atoms with E-state index in [0.717, 1.165) is 18.5 Å². The van der Waals surface area contributed by atoms with Crippen molar-refractivity contribution in [3.63, 3.8) is 0 Å². The Hall–Kier alpha value is -3.05. The highest BCUT2D eigenvalue weighted by Gasteiger charge is 2.40. The molecule has 0 fully saturated rings. The van der Waals surface area contributed by atoms with Gasteiger partial charge in [-0.1, -0.05) is 17.7 Å². The minimum Gasteiger partial charge on any atom is -0.406 e. The van der Waals surface area contributed by atoms with E-state index < -0.39 is 33.6 Å². The number of benzene rings is 2. The molecule has 0 aliphatic rings. The predicted molar refractivity (Wildman–Crippen MR) is 103 cm³/mol. The molecule has 0 saturated heterocycles. The minimum atomic E-state index is -4.89. The van der Waals surface area contributed by atoms with Crippen molar-refractivity contribution in [2.24, 2.45) is 0 Å². The molecule has 0 aliphatic carbocycles. The van der Waals surface area contributed by atoms with Crippen molar-refractivity contribution >= 4 is 33.2 Å². The van der Waals surface area contributed by atoms with Crippen LogP contribution in [0.1, 0.15) is 5.69 Å². The second-order valence-electron chi connectivity index (χ2n) is 6.06. The van der Waals surface area contributed by atoms with E-state index in [2.05, 4.69) is 10.4 Å². The first kappa shape index (κ1) is 21.7. The molecular weight excluding hydrogens is 447 g/mol. The number of hydrogen-bond acceptors (Lipinski definition) is 5. The SMILES string of the molecule is CS(=O)(=O)c1cccc(NC(=O)Oc2cnn(-c3ccc(Cl)cc3)c2C(F)(F)F)c1. The van der Waals surface area contributed by atoms with E-state index in [-0.39, 0.29) is 16.3 Å². The Labute approximate surface area is 173 Å². The van der Waals surface area contributed by atoms with Gasteiger partial charge in [-0.25, -0.2) is 17.9 Å². The monoisotopic (exact) mass is 459 g/mol. The van der Waals surface area contributed by atoms with Crippen LogP contribution in [0.15, 0.2) is 59.6 Å². The Morgan fingerprint density at radius 1 is 1.17 bits per heavy atom. The van der Waals surface area contributed by atoms with E-state index in [4.69, 9.17) is 16.3 Å². The van der Waals surface area contributed by atoms with Gasteiger partial charge in [-0.05, 0) is 42.5 Å². The zero-order valence-electron chi connectivity index (χ0n) is 15.1. The highest BCUT2D eigenvalue weighted by Crippen LogP contribution is 2.37. The van der Waals surface area contributed by atoms with Crippen LogP contribution in [0.2, 0.25) is 5.02 Å². The molecule has 158 valence electrons. The number of nitrogens with zero attached hydrogens (tertiary/aromatic N) is 2. The first-order chi connectivity index (χ1) is 13.9. The molecule has 1 aromatic heterocycles. The molecule has 7 nitrogen and oxygen atoms in total. The molecule has 0 radical (unpaired) electrons. The van der Waals surface area contributed by atoms with Crippen molar-refractivity contribution in [1.82, 2.24) is 9.78 Å². The Morgan fingerprint density at radius 2 is 1.83 bits per heavy atom. The van der Waals surface area contributed by atoms with Crippen molar-refractivity contribution in [3.05, 3.63) is 65.4 Å². The van der Waals surface area contributed by atoms with Crippen LogP contribution >= 0.6 is 11.6 Å². The molecule has 0 unspecified atom stereocenters. The van der Waals surface area contributed by atoms with Crippen LogP contribution in [-0.2, 0) is 16.0 Å². The summed E-state index contributed by atoms with van der Waals surface area (Å²) in [6.07, 6.45) is -4.40. The van der Waals surface area contributed by atoms with Crippen LogP contribution in [0.25, 0.3) is 5.69 Å². The van der Waals surface area contributed by atoms with Gasteiger partial charge in [0.15, 0.2) is 21.3 Å². The van der Waals surface area contributed by atoms with Gasteiger partial charge in [0.2, 0.25) is 0 Å². The van der Waals surface area contributed by atoms with Gasteiger partial charge in [0.1, 0.15) is 0 Å². The summed E-state index contributed by atoms with van der Waals surface area (Å²) >= 11 is 5.75. The number of nitrogens with one attached hydrogen (secondary N) is 1. The number of halogens is 4. The Kier molecular flexibility index (Phi) is 5.77. The zero-order chi connectivity index (χ0) is 22.1. The summed E-state index contributed by atoms with van der Waals surface area (Å²) in [6.45, 7) is 0. The number of anilines is 1. The van der Waals surface area contributed by atoms with Gasteiger partial charge in [-0.3, -0.25) is 5.32 Å². The predicted octanol–water partition coefficient (Wildman–Crippen LogP) is 4.56. The highest BCUT2D eigenvalue weighted by molar-refractivity contribution is 7.90. The smallest absolute Gasteiger partial charge is 0.406 e. The molecule has 30 heavy (non-hydrogen) atoms. The molecule has 1 amide bonds. The molecule has 1 N–H and O–H groups in total. The third-order valence-electron chi connectivity index (χ3n) is 3.79. The molecule has 0 aliphatic heterocycles. The summed E-state index contributed by atoms with van der Waals surface area (Å²) in [5, 5.41) is 6.17. The summed E-state index contributed by atoms with van der Waals surface area (Å²) in [5.41, 5.74) is -1.21. The number of amides is 1. The number of carbonyl (C=O) groups is 1. The van der Waals surface area contributed by atoms with Crippen molar-refractivity contribution in [3.8, 4) is 11.4 Å². The first-order valence-corrected chi connectivity index (χ1v) is 10.4. The molecular formula is C18H13ClF3N3O4S. The van der Waals surface area contributed by atoms with Crippen LogP contribution in [0.3, 0.4) is 0 Å². The van der Waals surface area contributed by atoms with Crippen molar-refractivity contribution in [1.29, 1.82) is 0 Å². The third kappa shape index (κ3) is 4.92. The van der Waals surface area contributed by atoms with E-state index >= 15 is 0 Å². The Morgan fingerprint density at radius 3 is 2.43 bits per heavy atom. The average molecular weight is 460 g/mol. The average Bonchev–Trinajstić information content (AvgIpc) is 3.05. The molecule has 0 saturated carbocycles. The van der Waals surface area contributed by atoms with Crippen LogP contribution in [0.5, 0.6) is 5.75 Å². The van der Waals surface area contributed by atoms with Gasteiger partial charge in [0.25, 0.3) is 0 Å². The summed E-state index contributed by atoms with van der Waals surface area (Å²) < 4.78 is 69.4. The number of rotatable bonds is 4. The summed E-state index contributed by atoms with van der Waals surface area (Å²) in [4.78, 5) is 12.0. The normalized spacial score (nSPS) is 11.9. The number of hydrogen-bond donors (Lipinski definition) is 1. The molecule has 3 rings (SSSR count). The number of aromatic nitrogens is 2. The van der Waals surface area contributed by atoms with E-state index in [1.807, 2.05) is 0 Å². The third-order valence-corrected chi connectivity index (χ3v) is 5.15. The maximum absolute atomic E-state index is 13.6. The lowest BCUT2D eigenvalue weighted by molar-refractivity contribution is -0.143. The van der Waals surface area contributed by atoms with Gasteiger partial charge >= 0.3 is 12.3 Å². The fraction of sp³-hybridized carbons (Fsp3) is 0.111. The minimum absolute atomic E-state index is 0.0292. The quantitative estimate of drug-likeness (QED) is 0.617. The van der Waals surface area contributed by atoms with Crippen LogP contribution in [-0.4, -0.2) is 30.5 Å². The Balaban J connectivity index is 1.88. The maximum atomic E-state index is 13.6. The summed E-state index contributed by atoms with van der Waals surface area (Å²) in [6, 6.07) is 10.6. The van der Waals surface area contributed by atoms with E-state index in [1.54, 1.807) is 0 Å². The number of sulfone groups is 1. The van der Waals surface area contributed by atoms with Crippen LogP contribution < -0.4 is 10.1 Å². The van der Waals surface area contributed by atoms with E-state index in [0.29, 0.717) is 9.70 Å². The molecule has 1 heterocycles. The second kappa shape index (κ2) is 8.00. The standard InChI is InChI=1S/C18H13ClF3N3O4S/c1-30(27,28)14-4-2-3-12(9-14)24-17(26)29-15-10-23-25(16(15)18(20,21)22)13-7-5-11(19)6-8-13/h2-10H,1H3,(H,24,26). The van der Waals surface area contributed by atoms with Crippen LogP contribution in [0.4, 0.5) is 23.7 Å². The first-order valence-electron chi connectivity index (χ1n) is 8.15. The van der Waals surface area contributed by atoms with Gasteiger partial charge in [-0.15, -0.1) is 0 Å². The number of carbonyl (C=O) groups excluding carboxylic acids is 1. The van der Waals surface area contributed by atoms with Crippen LogP contribution in [0, 0.1) is 0 Å². The lowest BCUT2D eigenvalue weighted by atomic mass is 10.3. The molecule has 0 atom stereocenters. The second-order valence-corrected chi connectivity index (χ2v) is 8.51. The molecule has 3 aromatic rings. The van der Waals surface area contributed by atoms with Crippen molar-refractivity contribution in [2.45, 2.75) is 11.1 Å². The zero-order valence-corrected chi connectivity index (χ0v) is 16.7. The largest absolute Gasteiger partial charge is 0.437 e. The molecule has 12 heteroatoms. The van der Waals surface area contributed by atoms with Gasteiger partial charge in [0, 0.05) is 17.0 Å². The van der Waals surface area contributed by atoms with Crippen molar-refractivity contribution < 1.29 is 31.1 Å². The van der Waals surface area contributed by atoms with Gasteiger partial charge in [0.05, 0.1) is 16.8 Å². The topological polar surface area (TPSA) is 90.3 Å². The van der Waals surface area contributed by atoms with Crippen molar-refractivity contribution in [2.75, 3.05) is 11.6 Å². The molecule has 0 spiro atoms. The lowest BCUT2D eigenvalue weighted by Gasteiger charge is -2.13.